The fraction of sp³-hybridized carbons (Fsp3) is 0.462. The van der Waals surface area contributed by atoms with Crippen LogP contribution >= 0.6 is 0 Å². The first-order chi connectivity index (χ1) is 6.76. The van der Waals surface area contributed by atoms with E-state index in [0.717, 1.165) is 5.56 Å². The van der Waals surface area contributed by atoms with Gasteiger partial charge in [-0.1, -0.05) is 63.9 Å². The fourth-order valence-electron chi connectivity index (χ4n) is 0.828. The Morgan fingerprint density at radius 2 is 1.50 bits per heavy atom. The highest BCUT2D eigenvalue weighted by Crippen LogP contribution is 2.01. The molecule has 0 heterocycles. The number of ketones is 1. The normalized spacial score (nSPS) is 8.79. The molecular formula is C13H20O. The van der Waals surface area contributed by atoms with E-state index in [1.807, 2.05) is 37.3 Å². The summed E-state index contributed by atoms with van der Waals surface area (Å²) in [6.07, 6.45) is 3.23. The Hall–Kier alpha value is -1.11. The van der Waals surface area contributed by atoms with Gasteiger partial charge in [0.2, 0.25) is 0 Å². The van der Waals surface area contributed by atoms with Crippen LogP contribution in [0.3, 0.4) is 0 Å². The molecule has 0 unspecified atom stereocenters. The zero-order valence-corrected chi connectivity index (χ0v) is 9.42. The first-order valence-electron chi connectivity index (χ1n) is 5.34. The quantitative estimate of drug-likeness (QED) is 0.659. The fourth-order valence-corrected chi connectivity index (χ4v) is 0.828. The number of carbonyl (C=O) groups is 1. The average Bonchev–Trinajstić information content (AvgIpc) is 2.29. The van der Waals surface area contributed by atoms with Gasteiger partial charge < -0.3 is 0 Å². The van der Waals surface area contributed by atoms with Crippen LogP contribution in [0.1, 0.15) is 50.4 Å². The zero-order chi connectivity index (χ0) is 10.8. The van der Waals surface area contributed by atoms with Crippen molar-refractivity contribution in [3.63, 3.8) is 0 Å². The molecule has 1 aromatic carbocycles. The van der Waals surface area contributed by atoms with Crippen LogP contribution in [0.2, 0.25) is 0 Å². The molecule has 0 saturated carbocycles. The van der Waals surface area contributed by atoms with Crippen LogP contribution in [-0.2, 0) is 0 Å². The molecule has 0 saturated heterocycles. The molecule has 1 nitrogen and oxygen atoms in total. The third-order valence-corrected chi connectivity index (χ3v) is 1.92. The van der Waals surface area contributed by atoms with Gasteiger partial charge in [-0.05, 0) is 0 Å². The molecule has 0 bridgehead atoms. The number of rotatable bonds is 3. The predicted octanol–water partition coefficient (Wildman–Crippen LogP) is 4.09. The molecule has 0 radical (unpaired) electrons. The number of Topliss-reactive ketones (excluding diaryl/α,β-unsaturated/α-hetero) is 1. The monoisotopic (exact) mass is 192 g/mol. The van der Waals surface area contributed by atoms with Crippen molar-refractivity contribution in [2.24, 2.45) is 0 Å². The smallest absolute Gasteiger partial charge is 0.162 e. The van der Waals surface area contributed by atoms with Crippen LogP contribution in [0.4, 0.5) is 0 Å². The topological polar surface area (TPSA) is 17.1 Å². The number of unbranched alkanes of at least 4 members (excludes halogenated alkanes) is 1. The molecule has 0 aliphatic rings. The molecule has 78 valence electrons. The molecule has 1 heteroatoms. The van der Waals surface area contributed by atoms with E-state index in [9.17, 15) is 4.79 Å². The van der Waals surface area contributed by atoms with Gasteiger partial charge in [-0.25, -0.2) is 0 Å². The van der Waals surface area contributed by atoms with Gasteiger partial charge in [0.05, 0.1) is 0 Å². The van der Waals surface area contributed by atoms with Gasteiger partial charge in [0.25, 0.3) is 0 Å². The molecule has 0 fully saturated rings. The largest absolute Gasteiger partial charge is 0.294 e. The SMILES string of the molecule is CCC(=O)c1ccccc1.CCCC. The minimum Gasteiger partial charge on any atom is -0.294 e. The first kappa shape index (κ1) is 12.9. The van der Waals surface area contributed by atoms with Crippen LogP contribution in [0.15, 0.2) is 30.3 Å². The maximum atomic E-state index is 11.0. The second-order valence-electron chi connectivity index (χ2n) is 3.14. The van der Waals surface area contributed by atoms with Crippen LogP contribution in [0.25, 0.3) is 0 Å². The number of carbonyl (C=O) groups excluding carboxylic acids is 1. The van der Waals surface area contributed by atoms with Crippen molar-refractivity contribution in [3.05, 3.63) is 35.9 Å². The molecule has 0 amide bonds. The van der Waals surface area contributed by atoms with Crippen molar-refractivity contribution in [2.75, 3.05) is 0 Å². The standard InChI is InChI=1S/C9H10O.C4H10/c1-2-9(10)8-6-4-3-5-7-8;1-3-4-2/h3-7H,2H2,1H3;3-4H2,1-2H3. The molecule has 0 aliphatic carbocycles. The molecular weight excluding hydrogens is 172 g/mol. The average molecular weight is 192 g/mol. The van der Waals surface area contributed by atoms with Gasteiger partial charge in [0, 0.05) is 12.0 Å². The third-order valence-electron chi connectivity index (χ3n) is 1.92. The van der Waals surface area contributed by atoms with Gasteiger partial charge in [-0.3, -0.25) is 4.79 Å². The van der Waals surface area contributed by atoms with E-state index in [2.05, 4.69) is 13.8 Å². The summed E-state index contributed by atoms with van der Waals surface area (Å²) in [4.78, 5) is 11.0. The Bertz CT molecular complexity index is 237. The summed E-state index contributed by atoms with van der Waals surface area (Å²) in [6, 6.07) is 9.34. The van der Waals surface area contributed by atoms with Crippen molar-refractivity contribution in [2.45, 2.75) is 40.0 Å². The second-order valence-corrected chi connectivity index (χ2v) is 3.14. The van der Waals surface area contributed by atoms with Gasteiger partial charge in [0.1, 0.15) is 0 Å². The van der Waals surface area contributed by atoms with Crippen LogP contribution < -0.4 is 0 Å². The van der Waals surface area contributed by atoms with Gasteiger partial charge in [0.15, 0.2) is 5.78 Å². The van der Waals surface area contributed by atoms with E-state index in [-0.39, 0.29) is 5.78 Å². The van der Waals surface area contributed by atoms with Gasteiger partial charge in [-0.2, -0.15) is 0 Å². The van der Waals surface area contributed by atoms with E-state index in [1.165, 1.54) is 12.8 Å². The lowest BCUT2D eigenvalue weighted by Gasteiger charge is -1.93. The van der Waals surface area contributed by atoms with Crippen molar-refractivity contribution in [1.82, 2.24) is 0 Å². The van der Waals surface area contributed by atoms with Crippen molar-refractivity contribution in [1.29, 1.82) is 0 Å². The Balaban J connectivity index is 0.000000364. The molecule has 14 heavy (non-hydrogen) atoms. The molecule has 0 spiro atoms. The Morgan fingerprint density at radius 3 is 1.86 bits per heavy atom. The highest BCUT2D eigenvalue weighted by atomic mass is 16.1. The van der Waals surface area contributed by atoms with E-state index in [1.54, 1.807) is 0 Å². The summed E-state index contributed by atoms with van der Waals surface area (Å²) in [5, 5.41) is 0. The lowest BCUT2D eigenvalue weighted by molar-refractivity contribution is 0.0988. The van der Waals surface area contributed by atoms with Crippen LogP contribution in [0.5, 0.6) is 0 Å². The molecule has 0 aliphatic heterocycles. The Kier molecular flexibility index (Phi) is 7.81. The highest BCUT2D eigenvalue weighted by Gasteiger charge is 1.98. The lowest BCUT2D eigenvalue weighted by Crippen LogP contribution is -1.94. The van der Waals surface area contributed by atoms with Crippen molar-refractivity contribution >= 4 is 5.78 Å². The van der Waals surface area contributed by atoms with Crippen LogP contribution in [0, 0.1) is 0 Å². The molecule has 1 aromatic rings. The first-order valence-corrected chi connectivity index (χ1v) is 5.34. The molecule has 0 aromatic heterocycles. The number of benzene rings is 1. The van der Waals surface area contributed by atoms with Gasteiger partial charge >= 0.3 is 0 Å². The summed E-state index contributed by atoms with van der Waals surface area (Å²) in [7, 11) is 0. The van der Waals surface area contributed by atoms with E-state index in [0.29, 0.717) is 6.42 Å². The van der Waals surface area contributed by atoms with Crippen molar-refractivity contribution in [3.8, 4) is 0 Å². The Labute approximate surface area is 87.2 Å². The number of hydrogen-bond acceptors (Lipinski definition) is 1. The van der Waals surface area contributed by atoms with E-state index >= 15 is 0 Å². The minimum atomic E-state index is 0.209. The maximum Gasteiger partial charge on any atom is 0.162 e. The molecule has 0 N–H and O–H groups in total. The number of hydrogen-bond donors (Lipinski definition) is 0. The summed E-state index contributed by atoms with van der Waals surface area (Å²) in [5.74, 6) is 0.209. The molecule has 0 atom stereocenters. The lowest BCUT2D eigenvalue weighted by atomic mass is 10.1. The van der Waals surface area contributed by atoms with Crippen molar-refractivity contribution < 1.29 is 4.79 Å². The third kappa shape index (κ3) is 5.52. The zero-order valence-electron chi connectivity index (χ0n) is 9.42. The minimum absolute atomic E-state index is 0.209. The summed E-state index contributed by atoms with van der Waals surface area (Å²) < 4.78 is 0. The van der Waals surface area contributed by atoms with Crippen LogP contribution in [-0.4, -0.2) is 5.78 Å². The summed E-state index contributed by atoms with van der Waals surface area (Å²) >= 11 is 0. The second kappa shape index (κ2) is 8.49. The van der Waals surface area contributed by atoms with Gasteiger partial charge in [-0.15, -0.1) is 0 Å². The van der Waals surface area contributed by atoms with E-state index < -0.39 is 0 Å². The highest BCUT2D eigenvalue weighted by molar-refractivity contribution is 5.95. The molecule has 1 rings (SSSR count). The maximum absolute atomic E-state index is 11.0. The summed E-state index contributed by atoms with van der Waals surface area (Å²) in [6.45, 7) is 6.23. The summed E-state index contributed by atoms with van der Waals surface area (Å²) in [5.41, 5.74) is 0.810. The predicted molar refractivity (Wildman–Crippen MR) is 61.6 cm³/mol. The van der Waals surface area contributed by atoms with E-state index in [4.69, 9.17) is 0 Å². The Morgan fingerprint density at radius 1 is 1.00 bits per heavy atom.